The van der Waals surface area contributed by atoms with E-state index in [-0.39, 0.29) is 42.6 Å². The van der Waals surface area contributed by atoms with Crippen LogP contribution < -0.4 is 9.47 Å². The Labute approximate surface area is 212 Å². The fourth-order valence-corrected chi connectivity index (χ4v) is 5.99. The average molecular weight is 491 g/mol. The van der Waals surface area contributed by atoms with Crippen molar-refractivity contribution in [2.45, 2.75) is 69.9 Å². The van der Waals surface area contributed by atoms with Gasteiger partial charge in [-0.15, -0.1) is 0 Å². The van der Waals surface area contributed by atoms with Gasteiger partial charge in [0.2, 0.25) is 17.7 Å². The number of benzene rings is 2. The number of carbonyl (C=O) groups is 3. The van der Waals surface area contributed by atoms with Crippen molar-refractivity contribution in [3.05, 3.63) is 59.2 Å². The van der Waals surface area contributed by atoms with E-state index < -0.39 is 5.41 Å². The fourth-order valence-electron chi connectivity index (χ4n) is 5.99. The largest absolute Gasteiger partial charge is 0.486 e. The Balaban J connectivity index is 1.44. The summed E-state index contributed by atoms with van der Waals surface area (Å²) in [4.78, 5) is 44.2. The average Bonchev–Trinajstić information content (AvgIpc) is 3.49. The minimum atomic E-state index is -1.18. The lowest BCUT2D eigenvalue weighted by atomic mass is 9.73. The molecule has 1 saturated heterocycles. The van der Waals surface area contributed by atoms with E-state index >= 15 is 0 Å². The van der Waals surface area contributed by atoms with Gasteiger partial charge in [0.05, 0.1) is 11.5 Å². The Morgan fingerprint density at radius 2 is 1.78 bits per heavy atom. The van der Waals surface area contributed by atoms with Gasteiger partial charge in [0.1, 0.15) is 13.2 Å². The molecule has 2 aliphatic heterocycles. The van der Waals surface area contributed by atoms with Crippen LogP contribution in [-0.4, -0.2) is 53.8 Å². The Morgan fingerprint density at radius 3 is 2.50 bits per heavy atom. The molecule has 7 heteroatoms. The van der Waals surface area contributed by atoms with E-state index in [1.807, 2.05) is 56.3 Å². The van der Waals surface area contributed by atoms with Gasteiger partial charge >= 0.3 is 0 Å². The Hall–Kier alpha value is -3.35. The summed E-state index contributed by atoms with van der Waals surface area (Å²) in [6.07, 6.45) is 3.72. The highest BCUT2D eigenvalue weighted by Gasteiger charge is 2.56. The summed E-state index contributed by atoms with van der Waals surface area (Å²) in [7, 11) is 1.76. The number of hydrogen-bond acceptors (Lipinski definition) is 5. The van der Waals surface area contributed by atoms with Gasteiger partial charge in [-0.2, -0.15) is 0 Å². The number of aryl methyl sites for hydroxylation is 1. The number of rotatable bonds is 6. The third-order valence-electron chi connectivity index (χ3n) is 8.18. The number of nitrogens with zero attached hydrogens (tertiary/aromatic N) is 2. The van der Waals surface area contributed by atoms with E-state index in [4.69, 9.17) is 9.47 Å². The molecule has 5 rings (SSSR count). The number of likely N-dealkylation sites (tertiary alicyclic amines) is 1. The van der Waals surface area contributed by atoms with Crippen molar-refractivity contribution < 1.29 is 23.9 Å². The summed E-state index contributed by atoms with van der Waals surface area (Å²) in [5, 5.41) is 0. The Kier molecular flexibility index (Phi) is 6.49. The molecule has 2 aromatic rings. The molecule has 2 aromatic carbocycles. The molecule has 1 saturated carbocycles. The molecule has 0 spiro atoms. The smallest absolute Gasteiger partial charge is 0.241 e. The fraction of sp³-hybridized carbons (Fsp3) is 0.483. The van der Waals surface area contributed by atoms with Crippen LogP contribution in [0, 0.1) is 6.92 Å². The van der Waals surface area contributed by atoms with Crippen LogP contribution in [0.1, 0.15) is 68.2 Å². The van der Waals surface area contributed by atoms with Crippen molar-refractivity contribution in [1.29, 1.82) is 0 Å². The molecule has 0 radical (unpaired) electrons. The van der Waals surface area contributed by atoms with Gasteiger partial charge < -0.3 is 14.4 Å². The number of hydrogen-bond donors (Lipinski definition) is 0. The van der Waals surface area contributed by atoms with Crippen molar-refractivity contribution in [1.82, 2.24) is 9.80 Å². The van der Waals surface area contributed by atoms with E-state index in [2.05, 4.69) is 0 Å². The molecule has 2 fully saturated rings. The molecule has 1 aliphatic carbocycles. The van der Waals surface area contributed by atoms with Crippen LogP contribution in [0.2, 0.25) is 0 Å². The molecule has 36 heavy (non-hydrogen) atoms. The van der Waals surface area contributed by atoms with Gasteiger partial charge in [0, 0.05) is 25.9 Å². The number of imide groups is 1. The first-order valence-electron chi connectivity index (χ1n) is 12.9. The highest BCUT2D eigenvalue weighted by atomic mass is 16.6. The number of ether oxygens (including phenoxy) is 2. The second kappa shape index (κ2) is 9.60. The molecule has 3 amide bonds. The summed E-state index contributed by atoms with van der Waals surface area (Å²) in [6, 6.07) is 13.0. The molecule has 2 atom stereocenters. The number of amides is 3. The summed E-state index contributed by atoms with van der Waals surface area (Å²) in [6.45, 7) is 4.91. The molecular formula is C29H34N2O5. The maximum absolute atomic E-state index is 14.0. The zero-order valence-corrected chi connectivity index (χ0v) is 21.3. The SMILES string of the molecule is Cc1ccccc1[C@]1(CC(=O)N(C)[C@H](C)c2ccc3c(c2)OCCO3)CC(=O)N(C2CCCC2)C1=O. The molecule has 0 unspecified atom stereocenters. The van der Waals surface area contributed by atoms with Crippen molar-refractivity contribution in [2.24, 2.45) is 0 Å². The molecule has 7 nitrogen and oxygen atoms in total. The van der Waals surface area contributed by atoms with Gasteiger partial charge in [0.25, 0.3) is 0 Å². The molecule has 0 N–H and O–H groups in total. The lowest BCUT2D eigenvalue weighted by Gasteiger charge is -2.33. The van der Waals surface area contributed by atoms with Crippen LogP contribution in [0.25, 0.3) is 0 Å². The quantitative estimate of drug-likeness (QED) is 0.564. The van der Waals surface area contributed by atoms with E-state index in [0.29, 0.717) is 24.7 Å². The second-order valence-electron chi connectivity index (χ2n) is 10.3. The monoisotopic (exact) mass is 490 g/mol. The first kappa shape index (κ1) is 24.3. The minimum Gasteiger partial charge on any atom is -0.486 e. The van der Waals surface area contributed by atoms with Crippen molar-refractivity contribution >= 4 is 17.7 Å². The molecule has 3 aliphatic rings. The van der Waals surface area contributed by atoms with Crippen molar-refractivity contribution in [3.8, 4) is 11.5 Å². The zero-order valence-electron chi connectivity index (χ0n) is 21.3. The van der Waals surface area contributed by atoms with Crippen LogP contribution in [0.5, 0.6) is 11.5 Å². The summed E-state index contributed by atoms with van der Waals surface area (Å²) in [5.41, 5.74) is 1.43. The van der Waals surface area contributed by atoms with Crippen molar-refractivity contribution in [2.75, 3.05) is 20.3 Å². The van der Waals surface area contributed by atoms with E-state index in [9.17, 15) is 14.4 Å². The molecule has 2 heterocycles. The highest BCUT2D eigenvalue weighted by Crippen LogP contribution is 2.44. The van der Waals surface area contributed by atoms with Gasteiger partial charge in [-0.05, 0) is 55.5 Å². The van der Waals surface area contributed by atoms with Crippen molar-refractivity contribution in [3.63, 3.8) is 0 Å². The van der Waals surface area contributed by atoms with Crippen LogP contribution in [-0.2, 0) is 19.8 Å². The predicted octanol–water partition coefficient (Wildman–Crippen LogP) is 4.32. The lowest BCUT2D eigenvalue weighted by molar-refractivity contribution is -0.145. The highest BCUT2D eigenvalue weighted by molar-refractivity contribution is 6.11. The third-order valence-corrected chi connectivity index (χ3v) is 8.18. The standard InChI is InChI=1S/C29H34N2O5/c1-19-8-4-7-11-23(19)29(18-27(33)31(28(29)34)22-9-5-6-10-22)17-26(32)30(3)20(2)21-12-13-24-25(16-21)36-15-14-35-24/h4,7-8,11-13,16,20,22H,5-6,9-10,14-15,17-18H2,1-3H3/t20-,29+/m1/s1. The molecule has 0 bridgehead atoms. The predicted molar refractivity (Wildman–Crippen MR) is 135 cm³/mol. The second-order valence-corrected chi connectivity index (χ2v) is 10.3. The van der Waals surface area contributed by atoms with Gasteiger partial charge in [-0.3, -0.25) is 19.3 Å². The molecule has 190 valence electrons. The maximum atomic E-state index is 14.0. The first-order valence-corrected chi connectivity index (χ1v) is 12.9. The van der Waals surface area contributed by atoms with E-state index in [1.54, 1.807) is 11.9 Å². The van der Waals surface area contributed by atoms with Crippen LogP contribution in [0.4, 0.5) is 0 Å². The number of fused-ring (bicyclic) bond motifs is 1. The van der Waals surface area contributed by atoms with E-state index in [1.165, 1.54) is 4.90 Å². The summed E-state index contributed by atoms with van der Waals surface area (Å²) < 4.78 is 11.3. The zero-order chi connectivity index (χ0) is 25.4. The first-order chi connectivity index (χ1) is 17.3. The van der Waals surface area contributed by atoms with Gasteiger partial charge in [-0.25, -0.2) is 0 Å². The number of carbonyl (C=O) groups excluding carboxylic acids is 3. The molecule has 0 aromatic heterocycles. The normalized spacial score (nSPS) is 22.7. The van der Waals surface area contributed by atoms with Gasteiger partial charge in [0.15, 0.2) is 11.5 Å². The van der Waals surface area contributed by atoms with Crippen LogP contribution >= 0.6 is 0 Å². The minimum absolute atomic E-state index is 0.0329. The summed E-state index contributed by atoms with van der Waals surface area (Å²) >= 11 is 0. The van der Waals surface area contributed by atoms with Crippen LogP contribution in [0.3, 0.4) is 0 Å². The summed E-state index contributed by atoms with van der Waals surface area (Å²) in [5.74, 6) is 0.821. The Bertz CT molecular complexity index is 1190. The van der Waals surface area contributed by atoms with E-state index in [0.717, 1.165) is 42.4 Å². The lowest BCUT2D eigenvalue weighted by Crippen LogP contribution is -2.46. The Morgan fingerprint density at radius 1 is 1.08 bits per heavy atom. The van der Waals surface area contributed by atoms with Crippen LogP contribution in [0.15, 0.2) is 42.5 Å². The van der Waals surface area contributed by atoms with Gasteiger partial charge in [-0.1, -0.05) is 43.2 Å². The molecular weight excluding hydrogens is 456 g/mol. The topological polar surface area (TPSA) is 76.2 Å². The maximum Gasteiger partial charge on any atom is 0.241 e. The third kappa shape index (κ3) is 4.14.